The lowest BCUT2D eigenvalue weighted by atomic mass is 10.1. The van der Waals surface area contributed by atoms with Gasteiger partial charge >= 0.3 is 0 Å². The molecule has 1 aromatic carbocycles. The predicted molar refractivity (Wildman–Crippen MR) is 65.6 cm³/mol. The van der Waals surface area contributed by atoms with Gasteiger partial charge in [-0.05, 0) is 49.9 Å². The summed E-state index contributed by atoms with van der Waals surface area (Å²) in [7, 11) is 0. The van der Waals surface area contributed by atoms with Gasteiger partial charge in [-0.25, -0.2) is 0 Å². The van der Waals surface area contributed by atoms with Crippen LogP contribution in [0.2, 0.25) is 0 Å². The number of carbonyl (C=O) groups excluding carboxylic acids is 1. The SMILES string of the molecule is Cc1ccc(NCC(=O)NC2CC2)cc1C. The molecule has 0 saturated heterocycles. The first-order valence-electron chi connectivity index (χ1n) is 5.75. The van der Waals surface area contributed by atoms with Crippen LogP contribution in [0.4, 0.5) is 5.69 Å². The van der Waals surface area contributed by atoms with Gasteiger partial charge in [0, 0.05) is 11.7 Å². The van der Waals surface area contributed by atoms with E-state index in [2.05, 4.69) is 36.6 Å². The lowest BCUT2D eigenvalue weighted by molar-refractivity contribution is -0.119. The van der Waals surface area contributed by atoms with Crippen LogP contribution in [-0.2, 0) is 4.79 Å². The predicted octanol–water partition coefficient (Wildman–Crippen LogP) is 1.99. The van der Waals surface area contributed by atoms with E-state index in [-0.39, 0.29) is 5.91 Å². The fourth-order valence-corrected chi connectivity index (χ4v) is 1.54. The zero-order valence-electron chi connectivity index (χ0n) is 9.84. The molecular formula is C13H18N2O. The number of benzene rings is 1. The minimum absolute atomic E-state index is 0.0840. The Balaban J connectivity index is 1.83. The first-order chi connectivity index (χ1) is 7.65. The molecule has 0 aliphatic heterocycles. The number of anilines is 1. The Morgan fingerprint density at radius 1 is 1.31 bits per heavy atom. The molecule has 0 spiro atoms. The van der Waals surface area contributed by atoms with Crippen molar-refractivity contribution in [2.24, 2.45) is 0 Å². The molecule has 16 heavy (non-hydrogen) atoms. The van der Waals surface area contributed by atoms with Crippen LogP contribution in [0.25, 0.3) is 0 Å². The summed E-state index contributed by atoms with van der Waals surface area (Å²) in [4.78, 5) is 11.4. The molecule has 2 N–H and O–H groups in total. The van der Waals surface area contributed by atoms with E-state index in [1.165, 1.54) is 11.1 Å². The zero-order chi connectivity index (χ0) is 11.5. The van der Waals surface area contributed by atoms with Gasteiger partial charge in [0.1, 0.15) is 0 Å². The number of aryl methyl sites for hydroxylation is 2. The first-order valence-corrected chi connectivity index (χ1v) is 5.75. The maximum Gasteiger partial charge on any atom is 0.239 e. The molecule has 2 rings (SSSR count). The highest BCUT2D eigenvalue weighted by atomic mass is 16.2. The van der Waals surface area contributed by atoms with E-state index < -0.39 is 0 Å². The first kappa shape index (κ1) is 11.0. The van der Waals surface area contributed by atoms with Crippen molar-refractivity contribution in [3.05, 3.63) is 29.3 Å². The number of amides is 1. The van der Waals surface area contributed by atoms with Gasteiger partial charge in [0.05, 0.1) is 6.54 Å². The molecule has 0 atom stereocenters. The molecule has 0 bridgehead atoms. The normalized spacial score (nSPS) is 14.6. The molecule has 0 heterocycles. The average Bonchev–Trinajstić information content (AvgIpc) is 3.04. The van der Waals surface area contributed by atoms with Crippen molar-refractivity contribution >= 4 is 11.6 Å². The van der Waals surface area contributed by atoms with Crippen LogP contribution in [0.15, 0.2) is 18.2 Å². The fourth-order valence-electron chi connectivity index (χ4n) is 1.54. The van der Waals surface area contributed by atoms with Gasteiger partial charge in [0.2, 0.25) is 5.91 Å². The summed E-state index contributed by atoms with van der Waals surface area (Å²) in [5, 5.41) is 6.08. The Hall–Kier alpha value is -1.51. The van der Waals surface area contributed by atoms with Crippen molar-refractivity contribution in [1.82, 2.24) is 5.32 Å². The molecule has 0 aromatic heterocycles. The van der Waals surface area contributed by atoms with Crippen molar-refractivity contribution in [2.45, 2.75) is 32.7 Å². The zero-order valence-corrected chi connectivity index (χ0v) is 9.84. The number of hydrogen-bond acceptors (Lipinski definition) is 2. The molecule has 1 aromatic rings. The van der Waals surface area contributed by atoms with Gasteiger partial charge < -0.3 is 10.6 Å². The lowest BCUT2D eigenvalue weighted by Crippen LogP contribution is -2.31. The highest BCUT2D eigenvalue weighted by Gasteiger charge is 2.22. The van der Waals surface area contributed by atoms with Crippen LogP contribution in [-0.4, -0.2) is 18.5 Å². The third-order valence-electron chi connectivity index (χ3n) is 2.90. The summed E-state index contributed by atoms with van der Waals surface area (Å²) in [5.41, 5.74) is 3.52. The van der Waals surface area contributed by atoms with E-state index in [4.69, 9.17) is 0 Å². The Kier molecular flexibility index (Phi) is 3.13. The van der Waals surface area contributed by atoms with Gasteiger partial charge in [0.25, 0.3) is 0 Å². The van der Waals surface area contributed by atoms with Gasteiger partial charge in [-0.15, -0.1) is 0 Å². The summed E-state index contributed by atoms with van der Waals surface area (Å²) < 4.78 is 0. The topological polar surface area (TPSA) is 41.1 Å². The molecule has 86 valence electrons. The van der Waals surface area contributed by atoms with Crippen LogP contribution >= 0.6 is 0 Å². The average molecular weight is 218 g/mol. The highest BCUT2D eigenvalue weighted by molar-refractivity contribution is 5.81. The highest BCUT2D eigenvalue weighted by Crippen LogP contribution is 2.18. The van der Waals surface area contributed by atoms with Crippen LogP contribution in [0, 0.1) is 13.8 Å². The van der Waals surface area contributed by atoms with Crippen LogP contribution in [0.3, 0.4) is 0 Å². The second-order valence-corrected chi connectivity index (χ2v) is 4.49. The summed E-state index contributed by atoms with van der Waals surface area (Å²) >= 11 is 0. The molecule has 1 saturated carbocycles. The van der Waals surface area contributed by atoms with Gasteiger partial charge in [-0.1, -0.05) is 6.07 Å². The van der Waals surface area contributed by atoms with Crippen molar-refractivity contribution in [3.8, 4) is 0 Å². The molecule has 3 heteroatoms. The Labute approximate surface area is 96.2 Å². The lowest BCUT2D eigenvalue weighted by Gasteiger charge is -2.08. The standard InChI is InChI=1S/C13H18N2O/c1-9-3-4-12(7-10(9)2)14-8-13(16)15-11-5-6-11/h3-4,7,11,14H,5-6,8H2,1-2H3,(H,15,16). The molecule has 3 nitrogen and oxygen atoms in total. The minimum atomic E-state index is 0.0840. The molecule has 0 unspecified atom stereocenters. The Morgan fingerprint density at radius 2 is 2.06 bits per heavy atom. The largest absolute Gasteiger partial charge is 0.376 e. The number of hydrogen-bond donors (Lipinski definition) is 2. The van der Waals surface area contributed by atoms with Crippen LogP contribution in [0.5, 0.6) is 0 Å². The van der Waals surface area contributed by atoms with E-state index >= 15 is 0 Å². The van der Waals surface area contributed by atoms with E-state index in [0.717, 1.165) is 18.5 Å². The second-order valence-electron chi connectivity index (χ2n) is 4.49. The van der Waals surface area contributed by atoms with E-state index in [9.17, 15) is 4.79 Å². The summed E-state index contributed by atoms with van der Waals surface area (Å²) in [6.07, 6.45) is 2.27. The number of carbonyl (C=O) groups is 1. The quantitative estimate of drug-likeness (QED) is 0.811. The Morgan fingerprint density at radius 3 is 2.69 bits per heavy atom. The van der Waals surface area contributed by atoms with Crippen LogP contribution in [0.1, 0.15) is 24.0 Å². The number of rotatable bonds is 4. The Bertz CT molecular complexity index is 397. The molecule has 1 aliphatic rings. The third kappa shape index (κ3) is 2.99. The van der Waals surface area contributed by atoms with Crippen molar-refractivity contribution in [3.63, 3.8) is 0 Å². The molecule has 1 fully saturated rings. The van der Waals surface area contributed by atoms with Crippen LogP contribution < -0.4 is 10.6 Å². The van der Waals surface area contributed by atoms with Gasteiger partial charge in [-0.3, -0.25) is 4.79 Å². The maximum absolute atomic E-state index is 11.4. The second kappa shape index (κ2) is 4.56. The summed E-state index contributed by atoms with van der Waals surface area (Å²) in [5.74, 6) is 0.0840. The summed E-state index contributed by atoms with van der Waals surface area (Å²) in [6.45, 7) is 4.52. The monoisotopic (exact) mass is 218 g/mol. The fraction of sp³-hybridized carbons (Fsp3) is 0.462. The van der Waals surface area contributed by atoms with Crippen molar-refractivity contribution in [1.29, 1.82) is 0 Å². The summed E-state index contributed by atoms with van der Waals surface area (Å²) in [6, 6.07) is 6.58. The smallest absolute Gasteiger partial charge is 0.239 e. The number of nitrogens with one attached hydrogen (secondary N) is 2. The van der Waals surface area contributed by atoms with Crippen molar-refractivity contribution in [2.75, 3.05) is 11.9 Å². The van der Waals surface area contributed by atoms with E-state index in [0.29, 0.717) is 12.6 Å². The molecular weight excluding hydrogens is 200 g/mol. The van der Waals surface area contributed by atoms with Gasteiger partial charge in [-0.2, -0.15) is 0 Å². The van der Waals surface area contributed by atoms with E-state index in [1.807, 2.05) is 6.07 Å². The molecule has 0 radical (unpaired) electrons. The van der Waals surface area contributed by atoms with Crippen molar-refractivity contribution < 1.29 is 4.79 Å². The molecule has 1 amide bonds. The van der Waals surface area contributed by atoms with E-state index in [1.54, 1.807) is 0 Å². The van der Waals surface area contributed by atoms with Gasteiger partial charge in [0.15, 0.2) is 0 Å². The maximum atomic E-state index is 11.4. The molecule has 1 aliphatic carbocycles. The minimum Gasteiger partial charge on any atom is -0.376 e. The third-order valence-corrected chi connectivity index (χ3v) is 2.90.